The van der Waals surface area contributed by atoms with E-state index in [-0.39, 0.29) is 6.10 Å². The second-order valence-electron chi connectivity index (χ2n) is 4.41. The average molecular weight is 207 g/mol. The van der Waals surface area contributed by atoms with Gasteiger partial charge in [0.2, 0.25) is 0 Å². The van der Waals surface area contributed by atoms with Crippen molar-refractivity contribution in [2.24, 2.45) is 0 Å². The zero-order valence-electron chi connectivity index (χ0n) is 9.44. The summed E-state index contributed by atoms with van der Waals surface area (Å²) in [6.45, 7) is 7.53. The summed E-state index contributed by atoms with van der Waals surface area (Å²) in [4.78, 5) is 10.8. The maximum absolute atomic E-state index is 9.24. The Hall–Kier alpha value is -1.16. The second-order valence-corrected chi connectivity index (χ2v) is 4.41. The Labute approximate surface area is 90.0 Å². The molecule has 82 valence electrons. The van der Waals surface area contributed by atoms with Crippen LogP contribution in [0.25, 0.3) is 0 Å². The molecule has 0 spiro atoms. The molecule has 0 bridgehead atoms. The summed E-state index contributed by atoms with van der Waals surface area (Å²) < 4.78 is 0. The average Bonchev–Trinajstić information content (AvgIpc) is 2.12. The first kappa shape index (κ1) is 10.4. The van der Waals surface area contributed by atoms with Crippen molar-refractivity contribution in [3.05, 3.63) is 17.6 Å². The Kier molecular flexibility index (Phi) is 2.61. The van der Waals surface area contributed by atoms with Crippen molar-refractivity contribution < 1.29 is 5.11 Å². The highest BCUT2D eigenvalue weighted by Gasteiger charge is 2.26. The van der Waals surface area contributed by atoms with Crippen molar-refractivity contribution >= 4 is 5.82 Å². The van der Waals surface area contributed by atoms with E-state index in [9.17, 15) is 5.11 Å². The molecule has 1 aliphatic heterocycles. The molecule has 1 saturated heterocycles. The molecule has 4 nitrogen and oxygen atoms in total. The molecule has 0 atom stereocenters. The fraction of sp³-hybridized carbons (Fsp3) is 0.636. The van der Waals surface area contributed by atoms with Gasteiger partial charge >= 0.3 is 0 Å². The van der Waals surface area contributed by atoms with Gasteiger partial charge in [0.1, 0.15) is 11.6 Å². The van der Waals surface area contributed by atoms with E-state index in [0.717, 1.165) is 17.3 Å². The molecule has 0 saturated carbocycles. The van der Waals surface area contributed by atoms with Gasteiger partial charge in [-0.05, 0) is 12.8 Å². The summed E-state index contributed by atoms with van der Waals surface area (Å²) in [7, 11) is 0. The number of β-amino-alcohol motifs (C(OH)–C–C–N with tert-alkyl or cyclic N) is 1. The number of rotatable bonds is 2. The first-order valence-electron chi connectivity index (χ1n) is 5.35. The van der Waals surface area contributed by atoms with Crippen LogP contribution < -0.4 is 4.90 Å². The molecule has 0 amide bonds. The Bertz CT molecular complexity index is 359. The molecule has 2 rings (SSSR count). The number of aromatic nitrogens is 2. The van der Waals surface area contributed by atoms with Gasteiger partial charge in [-0.3, -0.25) is 0 Å². The molecule has 0 unspecified atom stereocenters. The number of aryl methyl sites for hydroxylation is 1. The molecule has 1 N–H and O–H groups in total. The summed E-state index contributed by atoms with van der Waals surface area (Å²) in [6.07, 6.45) is -0.192. The van der Waals surface area contributed by atoms with Gasteiger partial charge in [-0.25, -0.2) is 9.97 Å². The highest BCUT2D eigenvalue weighted by molar-refractivity contribution is 5.43. The minimum atomic E-state index is -0.192. The summed E-state index contributed by atoms with van der Waals surface area (Å²) in [5.74, 6) is 2.16. The van der Waals surface area contributed by atoms with Gasteiger partial charge in [-0.15, -0.1) is 0 Å². The van der Waals surface area contributed by atoms with E-state index >= 15 is 0 Å². The van der Waals surface area contributed by atoms with Crippen LogP contribution in [0.15, 0.2) is 6.07 Å². The fourth-order valence-corrected chi connectivity index (χ4v) is 1.67. The monoisotopic (exact) mass is 207 g/mol. The number of aliphatic hydroxyl groups excluding tert-OH is 1. The van der Waals surface area contributed by atoms with Crippen molar-refractivity contribution in [3.63, 3.8) is 0 Å². The third-order valence-electron chi connectivity index (χ3n) is 2.62. The summed E-state index contributed by atoms with van der Waals surface area (Å²) in [5.41, 5.74) is 1.07. The third kappa shape index (κ3) is 2.09. The minimum Gasteiger partial charge on any atom is -0.389 e. The van der Waals surface area contributed by atoms with Crippen molar-refractivity contribution in [3.8, 4) is 0 Å². The zero-order chi connectivity index (χ0) is 11.0. The van der Waals surface area contributed by atoms with Crippen molar-refractivity contribution in [2.75, 3.05) is 18.0 Å². The van der Waals surface area contributed by atoms with Gasteiger partial charge in [0.15, 0.2) is 0 Å². The van der Waals surface area contributed by atoms with Gasteiger partial charge < -0.3 is 10.0 Å². The lowest BCUT2D eigenvalue weighted by molar-refractivity contribution is 0.141. The van der Waals surface area contributed by atoms with Gasteiger partial charge in [0.05, 0.1) is 6.10 Å². The topological polar surface area (TPSA) is 49.2 Å². The lowest BCUT2D eigenvalue weighted by Gasteiger charge is -2.37. The lowest BCUT2D eigenvalue weighted by atomic mass is 10.1. The van der Waals surface area contributed by atoms with Gasteiger partial charge in [-0.2, -0.15) is 0 Å². The normalized spacial score (nSPS) is 17.0. The van der Waals surface area contributed by atoms with Crippen LogP contribution in [-0.2, 0) is 0 Å². The molecule has 1 aromatic heterocycles. The van der Waals surface area contributed by atoms with Gasteiger partial charge in [0.25, 0.3) is 0 Å². The smallest absolute Gasteiger partial charge is 0.132 e. The first-order valence-corrected chi connectivity index (χ1v) is 5.35. The van der Waals surface area contributed by atoms with Crippen LogP contribution in [-0.4, -0.2) is 34.3 Å². The minimum absolute atomic E-state index is 0.192. The van der Waals surface area contributed by atoms with Crippen LogP contribution in [0.3, 0.4) is 0 Å². The third-order valence-corrected chi connectivity index (χ3v) is 2.62. The molecular formula is C11H17N3O. The van der Waals surface area contributed by atoms with E-state index in [1.165, 1.54) is 0 Å². The molecule has 15 heavy (non-hydrogen) atoms. The quantitative estimate of drug-likeness (QED) is 0.788. The number of aliphatic hydroxyl groups is 1. The van der Waals surface area contributed by atoms with Crippen LogP contribution in [0.5, 0.6) is 0 Å². The highest BCUT2D eigenvalue weighted by atomic mass is 16.3. The maximum atomic E-state index is 9.24. The molecule has 1 aromatic rings. The van der Waals surface area contributed by atoms with Crippen molar-refractivity contribution in [2.45, 2.75) is 32.8 Å². The number of anilines is 1. The van der Waals surface area contributed by atoms with Crippen LogP contribution in [0.4, 0.5) is 5.82 Å². The summed E-state index contributed by atoms with van der Waals surface area (Å²) in [6, 6.07) is 2.02. The molecule has 0 aliphatic carbocycles. The first-order chi connectivity index (χ1) is 7.06. The van der Waals surface area contributed by atoms with E-state index in [4.69, 9.17) is 0 Å². The predicted molar refractivity (Wildman–Crippen MR) is 59.1 cm³/mol. The molecule has 0 radical (unpaired) electrons. The second kappa shape index (κ2) is 3.77. The van der Waals surface area contributed by atoms with E-state index in [0.29, 0.717) is 19.0 Å². The molecule has 2 heterocycles. The number of hydrogen-bond donors (Lipinski definition) is 1. The number of nitrogens with zero attached hydrogens (tertiary/aromatic N) is 3. The molecule has 0 aromatic carbocycles. The van der Waals surface area contributed by atoms with Crippen LogP contribution >= 0.6 is 0 Å². The lowest BCUT2D eigenvalue weighted by Crippen LogP contribution is -2.51. The largest absolute Gasteiger partial charge is 0.389 e. The molecule has 1 fully saturated rings. The van der Waals surface area contributed by atoms with Gasteiger partial charge in [0, 0.05) is 24.8 Å². The molecule has 1 aliphatic rings. The Morgan fingerprint density at radius 3 is 2.60 bits per heavy atom. The maximum Gasteiger partial charge on any atom is 0.132 e. The number of hydrogen-bond acceptors (Lipinski definition) is 4. The Morgan fingerprint density at radius 1 is 1.40 bits per heavy atom. The van der Waals surface area contributed by atoms with Crippen LogP contribution in [0.1, 0.15) is 31.3 Å². The van der Waals surface area contributed by atoms with E-state index in [1.807, 2.05) is 13.0 Å². The fourth-order valence-electron chi connectivity index (χ4n) is 1.67. The Balaban J connectivity index is 2.24. The van der Waals surface area contributed by atoms with Crippen molar-refractivity contribution in [1.82, 2.24) is 9.97 Å². The molecule has 4 heteroatoms. The SMILES string of the molecule is Cc1nc(C(C)C)cc(N2CC(O)C2)n1. The molecular weight excluding hydrogens is 190 g/mol. The Morgan fingerprint density at radius 2 is 2.07 bits per heavy atom. The van der Waals surface area contributed by atoms with Crippen LogP contribution in [0.2, 0.25) is 0 Å². The van der Waals surface area contributed by atoms with E-state index in [1.54, 1.807) is 0 Å². The van der Waals surface area contributed by atoms with Gasteiger partial charge in [-0.1, -0.05) is 13.8 Å². The summed E-state index contributed by atoms with van der Waals surface area (Å²) >= 11 is 0. The van der Waals surface area contributed by atoms with E-state index in [2.05, 4.69) is 28.7 Å². The van der Waals surface area contributed by atoms with Crippen LogP contribution in [0, 0.1) is 6.92 Å². The summed E-state index contributed by atoms with van der Waals surface area (Å²) in [5, 5.41) is 9.24. The zero-order valence-corrected chi connectivity index (χ0v) is 9.44. The van der Waals surface area contributed by atoms with Crippen molar-refractivity contribution in [1.29, 1.82) is 0 Å². The van der Waals surface area contributed by atoms with E-state index < -0.39 is 0 Å². The highest BCUT2D eigenvalue weighted by Crippen LogP contribution is 2.22. The predicted octanol–water partition coefficient (Wildman–Crippen LogP) is 1.09. The standard InChI is InChI=1S/C11H17N3O/c1-7(2)10-4-11(13-8(3)12-10)14-5-9(15)6-14/h4,7,9,15H,5-6H2,1-3H3.